The second kappa shape index (κ2) is 2.62. The Balaban J connectivity index is 3.13. The predicted molar refractivity (Wildman–Crippen MR) is 43.9 cm³/mol. The van der Waals surface area contributed by atoms with Crippen molar-refractivity contribution >= 4 is 5.69 Å². The molecule has 4 nitrogen and oxygen atoms in total. The van der Waals surface area contributed by atoms with E-state index in [0.29, 0.717) is 5.76 Å². The van der Waals surface area contributed by atoms with Crippen molar-refractivity contribution in [3.05, 3.63) is 11.8 Å². The number of hydrogen-bond acceptors (Lipinski definition) is 4. The van der Waals surface area contributed by atoms with Gasteiger partial charge in [0.15, 0.2) is 5.69 Å². The van der Waals surface area contributed by atoms with Crippen molar-refractivity contribution in [3.63, 3.8) is 0 Å². The molecule has 0 aliphatic heterocycles. The molecule has 0 radical (unpaired) electrons. The number of nitrogens with one attached hydrogen (secondary N) is 1. The molecule has 0 saturated carbocycles. The van der Waals surface area contributed by atoms with Crippen LogP contribution in [0, 0.1) is 5.53 Å². The van der Waals surface area contributed by atoms with E-state index in [2.05, 4.69) is 5.11 Å². The highest BCUT2D eigenvalue weighted by Crippen LogP contribution is 2.35. The summed E-state index contributed by atoms with van der Waals surface area (Å²) in [6.45, 7) is 5.87. The first-order valence-corrected chi connectivity index (χ1v) is 3.66. The second-order valence-electron chi connectivity index (χ2n) is 3.66. The van der Waals surface area contributed by atoms with Crippen LogP contribution in [0.5, 0.6) is 5.95 Å². The topological polar surface area (TPSA) is 69.6 Å². The van der Waals surface area contributed by atoms with Gasteiger partial charge in [-0.15, -0.1) is 0 Å². The summed E-state index contributed by atoms with van der Waals surface area (Å²) in [4.78, 5) is 0. The van der Waals surface area contributed by atoms with Gasteiger partial charge in [-0.3, -0.25) is 0 Å². The lowest BCUT2D eigenvalue weighted by Gasteiger charge is -2.13. The van der Waals surface area contributed by atoms with E-state index in [9.17, 15) is 0 Å². The first kappa shape index (κ1) is 8.77. The number of furan rings is 1. The molecule has 1 aromatic rings. The molecule has 12 heavy (non-hydrogen) atoms. The molecule has 0 aliphatic rings. The highest BCUT2D eigenvalue weighted by molar-refractivity contribution is 5.46. The van der Waals surface area contributed by atoms with Gasteiger partial charge >= 0.3 is 5.95 Å². The van der Waals surface area contributed by atoms with Crippen LogP contribution in [-0.2, 0) is 5.41 Å². The van der Waals surface area contributed by atoms with Gasteiger partial charge in [0.1, 0.15) is 5.76 Å². The molecule has 0 spiro atoms. The van der Waals surface area contributed by atoms with Gasteiger partial charge in [0, 0.05) is 11.5 Å². The Morgan fingerprint density at radius 2 is 2.08 bits per heavy atom. The van der Waals surface area contributed by atoms with E-state index in [1.165, 1.54) is 0 Å². The van der Waals surface area contributed by atoms with Crippen molar-refractivity contribution < 1.29 is 9.52 Å². The van der Waals surface area contributed by atoms with E-state index in [1.807, 2.05) is 20.8 Å². The number of nitrogens with zero attached hydrogens (tertiary/aromatic N) is 1. The van der Waals surface area contributed by atoms with E-state index in [1.54, 1.807) is 6.07 Å². The molecule has 0 aromatic carbocycles. The van der Waals surface area contributed by atoms with Crippen LogP contribution < -0.4 is 0 Å². The Labute approximate surface area is 70.7 Å². The van der Waals surface area contributed by atoms with Crippen LogP contribution in [0.25, 0.3) is 0 Å². The quantitative estimate of drug-likeness (QED) is 0.633. The fourth-order valence-electron chi connectivity index (χ4n) is 0.822. The fraction of sp³-hybridized carbons (Fsp3) is 0.500. The minimum absolute atomic E-state index is 0.166. The molecule has 0 fully saturated rings. The van der Waals surface area contributed by atoms with Gasteiger partial charge in [-0.05, 0) is 0 Å². The van der Waals surface area contributed by atoms with Crippen molar-refractivity contribution in [1.82, 2.24) is 0 Å². The van der Waals surface area contributed by atoms with Gasteiger partial charge in [0.05, 0.1) is 0 Å². The minimum atomic E-state index is -0.282. The smallest absolute Gasteiger partial charge is 0.310 e. The van der Waals surface area contributed by atoms with Crippen molar-refractivity contribution in [2.45, 2.75) is 26.2 Å². The SMILES string of the molecule is CC(C)(C)c1cc(N=N)c(O)o1. The average molecular weight is 168 g/mol. The summed E-state index contributed by atoms with van der Waals surface area (Å²) in [5, 5.41) is 12.2. The van der Waals surface area contributed by atoms with Gasteiger partial charge in [0.2, 0.25) is 0 Å². The zero-order chi connectivity index (χ0) is 9.35. The van der Waals surface area contributed by atoms with E-state index < -0.39 is 0 Å². The lowest BCUT2D eigenvalue weighted by Crippen LogP contribution is -2.08. The van der Waals surface area contributed by atoms with Gasteiger partial charge in [-0.25, -0.2) is 5.53 Å². The third kappa shape index (κ3) is 1.47. The highest BCUT2D eigenvalue weighted by atomic mass is 16.5. The molecular weight excluding hydrogens is 156 g/mol. The van der Waals surface area contributed by atoms with Crippen molar-refractivity contribution in [2.24, 2.45) is 5.11 Å². The molecule has 1 heterocycles. The van der Waals surface area contributed by atoms with Crippen LogP contribution in [0.4, 0.5) is 5.69 Å². The van der Waals surface area contributed by atoms with E-state index >= 15 is 0 Å². The Kier molecular flexibility index (Phi) is 1.92. The van der Waals surface area contributed by atoms with Crippen molar-refractivity contribution in [3.8, 4) is 5.95 Å². The van der Waals surface area contributed by atoms with E-state index in [-0.39, 0.29) is 17.0 Å². The third-order valence-electron chi connectivity index (χ3n) is 1.55. The zero-order valence-corrected chi connectivity index (χ0v) is 7.38. The Morgan fingerprint density at radius 1 is 1.50 bits per heavy atom. The highest BCUT2D eigenvalue weighted by Gasteiger charge is 2.21. The molecule has 66 valence electrons. The molecule has 0 aliphatic carbocycles. The minimum Gasteiger partial charge on any atom is -0.479 e. The summed E-state index contributed by atoms with van der Waals surface area (Å²) < 4.78 is 5.01. The van der Waals surface area contributed by atoms with Crippen LogP contribution in [0.3, 0.4) is 0 Å². The Hall–Kier alpha value is -1.32. The summed E-state index contributed by atoms with van der Waals surface area (Å²) in [5.41, 5.74) is 6.72. The molecule has 4 heteroatoms. The maximum atomic E-state index is 9.11. The van der Waals surface area contributed by atoms with Gasteiger partial charge in [-0.1, -0.05) is 20.8 Å². The summed E-state index contributed by atoms with van der Waals surface area (Å²) >= 11 is 0. The van der Waals surface area contributed by atoms with Gasteiger partial charge in [-0.2, -0.15) is 5.11 Å². The largest absolute Gasteiger partial charge is 0.479 e. The number of aromatic hydroxyl groups is 1. The molecule has 1 aromatic heterocycles. The van der Waals surface area contributed by atoms with Crippen LogP contribution in [0.2, 0.25) is 0 Å². The second-order valence-corrected chi connectivity index (χ2v) is 3.66. The third-order valence-corrected chi connectivity index (χ3v) is 1.55. The molecule has 0 saturated heterocycles. The maximum Gasteiger partial charge on any atom is 0.310 e. The molecule has 1 rings (SSSR count). The maximum absolute atomic E-state index is 9.11. The summed E-state index contributed by atoms with van der Waals surface area (Å²) in [6, 6.07) is 1.57. The first-order valence-electron chi connectivity index (χ1n) is 3.66. The number of hydrogen-bond donors (Lipinski definition) is 2. The lowest BCUT2D eigenvalue weighted by molar-refractivity contribution is 0.296. The average Bonchev–Trinajstić information content (AvgIpc) is 2.29. The van der Waals surface area contributed by atoms with Crippen LogP contribution in [-0.4, -0.2) is 5.11 Å². The van der Waals surface area contributed by atoms with Crippen molar-refractivity contribution in [1.29, 1.82) is 5.53 Å². The standard InChI is InChI=1S/C8H12N2O2/c1-8(2,3)6-4-5(10-9)7(11)12-6/h4,9,11H,1-3H3. The summed E-state index contributed by atoms with van der Waals surface area (Å²) in [7, 11) is 0. The molecular formula is C8H12N2O2. The number of rotatable bonds is 1. The molecule has 0 atom stereocenters. The Bertz CT molecular complexity index is 296. The van der Waals surface area contributed by atoms with Gasteiger partial charge in [0.25, 0.3) is 0 Å². The lowest BCUT2D eigenvalue weighted by atomic mass is 9.93. The first-order chi connectivity index (χ1) is 5.45. The molecule has 0 bridgehead atoms. The van der Waals surface area contributed by atoms with Crippen LogP contribution >= 0.6 is 0 Å². The van der Waals surface area contributed by atoms with Crippen molar-refractivity contribution in [2.75, 3.05) is 0 Å². The fourth-order valence-corrected chi connectivity index (χ4v) is 0.822. The van der Waals surface area contributed by atoms with Crippen LogP contribution in [0.1, 0.15) is 26.5 Å². The Morgan fingerprint density at radius 3 is 2.33 bits per heavy atom. The monoisotopic (exact) mass is 168 g/mol. The molecule has 0 amide bonds. The van der Waals surface area contributed by atoms with E-state index in [0.717, 1.165) is 0 Å². The van der Waals surface area contributed by atoms with E-state index in [4.69, 9.17) is 15.1 Å². The molecule has 2 N–H and O–H groups in total. The summed E-state index contributed by atoms with van der Waals surface area (Å²) in [5.74, 6) is 0.348. The zero-order valence-electron chi connectivity index (χ0n) is 7.38. The van der Waals surface area contributed by atoms with Gasteiger partial charge < -0.3 is 9.52 Å². The summed E-state index contributed by atoms with van der Waals surface area (Å²) in [6.07, 6.45) is 0. The normalized spacial score (nSPS) is 11.6. The predicted octanol–water partition coefficient (Wildman–Crippen LogP) is 2.95. The van der Waals surface area contributed by atoms with Crippen LogP contribution in [0.15, 0.2) is 15.6 Å². The molecule has 0 unspecified atom stereocenters.